The van der Waals surface area contributed by atoms with E-state index in [1.165, 1.54) is 77.0 Å². The van der Waals surface area contributed by atoms with E-state index in [1.807, 2.05) is 0 Å². The molecule has 108 valence electrons. The Morgan fingerprint density at radius 1 is 0.722 bits per heavy atom. The van der Waals surface area contributed by atoms with E-state index in [1.54, 1.807) is 7.11 Å². The fourth-order valence-corrected chi connectivity index (χ4v) is 2.27. The summed E-state index contributed by atoms with van der Waals surface area (Å²) < 4.78 is 5.06. The largest absolute Gasteiger partial charge is 0.502 e. The van der Waals surface area contributed by atoms with Crippen LogP contribution in [0.4, 0.5) is 0 Å². The van der Waals surface area contributed by atoms with Crippen LogP contribution in [0.2, 0.25) is 0 Å². The van der Waals surface area contributed by atoms with Crippen LogP contribution in [0, 0.1) is 0 Å². The maximum Gasteiger partial charge on any atom is 0.0883 e. The van der Waals surface area contributed by atoms with Crippen molar-refractivity contribution in [2.75, 3.05) is 7.11 Å². The molecule has 0 N–H and O–H groups in total. The smallest absolute Gasteiger partial charge is 0.0883 e. The van der Waals surface area contributed by atoms with Crippen LogP contribution in [0.1, 0.15) is 90.4 Å². The summed E-state index contributed by atoms with van der Waals surface area (Å²) in [5.74, 6) is 0.932. The maximum absolute atomic E-state index is 5.06. The van der Waals surface area contributed by atoms with Crippen molar-refractivity contribution >= 4 is 0 Å². The van der Waals surface area contributed by atoms with Crippen LogP contribution < -0.4 is 0 Å². The Labute approximate surface area is 115 Å². The van der Waals surface area contributed by atoms with Crippen LogP contribution in [0.3, 0.4) is 0 Å². The third-order valence-corrected chi connectivity index (χ3v) is 3.60. The Bertz CT molecular complexity index is 174. The van der Waals surface area contributed by atoms with Crippen molar-refractivity contribution in [3.8, 4) is 0 Å². The molecular weight excluding hydrogens is 220 g/mol. The van der Waals surface area contributed by atoms with E-state index in [0.29, 0.717) is 0 Å². The molecule has 0 saturated heterocycles. The van der Waals surface area contributed by atoms with E-state index in [2.05, 4.69) is 13.5 Å². The Morgan fingerprint density at radius 2 is 1.11 bits per heavy atom. The zero-order valence-corrected chi connectivity index (χ0v) is 12.8. The molecular formula is C17H34O. The molecule has 0 spiro atoms. The highest BCUT2D eigenvalue weighted by Crippen LogP contribution is 2.13. The van der Waals surface area contributed by atoms with Gasteiger partial charge in [0.25, 0.3) is 0 Å². The third-order valence-electron chi connectivity index (χ3n) is 3.60. The van der Waals surface area contributed by atoms with Crippen LogP contribution in [-0.4, -0.2) is 7.11 Å². The highest BCUT2D eigenvalue weighted by Gasteiger charge is 1.95. The standard InChI is InChI=1S/C17H34O/c1-4-5-6-7-8-9-10-11-12-13-14-15-16-17(2)18-3/h2,4-16H2,1,3H3. The summed E-state index contributed by atoms with van der Waals surface area (Å²) in [4.78, 5) is 0. The highest BCUT2D eigenvalue weighted by atomic mass is 16.5. The first-order valence-corrected chi connectivity index (χ1v) is 8.03. The summed E-state index contributed by atoms with van der Waals surface area (Å²) in [7, 11) is 1.71. The number of rotatable bonds is 14. The molecule has 0 bridgehead atoms. The SMILES string of the molecule is C=C(CCCCCCCCCCCCCC)OC. The van der Waals surface area contributed by atoms with Gasteiger partial charge in [-0.1, -0.05) is 84.1 Å². The number of hydrogen-bond donors (Lipinski definition) is 0. The predicted molar refractivity (Wildman–Crippen MR) is 81.8 cm³/mol. The Kier molecular flexibility index (Phi) is 14.2. The average Bonchev–Trinajstić information content (AvgIpc) is 2.39. The zero-order valence-electron chi connectivity index (χ0n) is 12.8. The van der Waals surface area contributed by atoms with Crippen molar-refractivity contribution < 1.29 is 4.74 Å². The molecule has 0 fully saturated rings. The third kappa shape index (κ3) is 13.6. The average molecular weight is 254 g/mol. The molecule has 0 rings (SSSR count). The fraction of sp³-hybridized carbons (Fsp3) is 0.882. The molecule has 0 aromatic carbocycles. The van der Waals surface area contributed by atoms with Gasteiger partial charge in [-0.05, 0) is 6.42 Å². The monoisotopic (exact) mass is 254 g/mol. The lowest BCUT2D eigenvalue weighted by Gasteiger charge is -2.04. The molecule has 1 nitrogen and oxygen atoms in total. The van der Waals surface area contributed by atoms with Gasteiger partial charge < -0.3 is 4.74 Å². The summed E-state index contributed by atoms with van der Waals surface area (Å²) in [5.41, 5.74) is 0. The molecule has 0 aromatic rings. The first kappa shape index (κ1) is 17.5. The molecule has 0 aliphatic carbocycles. The van der Waals surface area contributed by atoms with Crippen molar-refractivity contribution in [1.29, 1.82) is 0 Å². The lowest BCUT2D eigenvalue weighted by Crippen LogP contribution is -1.86. The number of hydrogen-bond acceptors (Lipinski definition) is 1. The molecule has 18 heavy (non-hydrogen) atoms. The first-order chi connectivity index (χ1) is 8.81. The maximum atomic E-state index is 5.06. The molecule has 0 amide bonds. The van der Waals surface area contributed by atoms with Gasteiger partial charge in [0, 0.05) is 6.42 Å². The molecule has 0 radical (unpaired) electrons. The van der Waals surface area contributed by atoms with Gasteiger partial charge in [-0.15, -0.1) is 0 Å². The van der Waals surface area contributed by atoms with Crippen LogP contribution in [0.5, 0.6) is 0 Å². The fourth-order valence-electron chi connectivity index (χ4n) is 2.27. The quantitative estimate of drug-likeness (QED) is 0.263. The topological polar surface area (TPSA) is 9.23 Å². The van der Waals surface area contributed by atoms with Crippen molar-refractivity contribution in [3.63, 3.8) is 0 Å². The van der Waals surface area contributed by atoms with Gasteiger partial charge in [0.2, 0.25) is 0 Å². The van der Waals surface area contributed by atoms with E-state index in [9.17, 15) is 0 Å². The second kappa shape index (κ2) is 14.6. The molecule has 1 heteroatoms. The van der Waals surface area contributed by atoms with Crippen LogP contribution in [0.15, 0.2) is 12.3 Å². The molecule has 0 saturated carbocycles. The molecule has 0 aliphatic heterocycles. The highest BCUT2D eigenvalue weighted by molar-refractivity contribution is 4.80. The summed E-state index contributed by atoms with van der Waals surface area (Å²) in [6, 6.07) is 0. The van der Waals surface area contributed by atoms with Crippen LogP contribution >= 0.6 is 0 Å². The molecule has 0 heterocycles. The van der Waals surface area contributed by atoms with Crippen molar-refractivity contribution in [1.82, 2.24) is 0 Å². The summed E-state index contributed by atoms with van der Waals surface area (Å²) in [6.45, 7) is 6.12. The number of unbranched alkanes of at least 4 members (excludes halogenated alkanes) is 11. The second-order valence-corrected chi connectivity index (χ2v) is 5.38. The molecule has 0 unspecified atom stereocenters. The minimum atomic E-state index is 0.932. The van der Waals surface area contributed by atoms with Gasteiger partial charge in [0.05, 0.1) is 12.9 Å². The Balaban J connectivity index is 2.97. The summed E-state index contributed by atoms with van der Waals surface area (Å²) in [5, 5.41) is 0. The van der Waals surface area contributed by atoms with E-state index in [-0.39, 0.29) is 0 Å². The van der Waals surface area contributed by atoms with Crippen molar-refractivity contribution in [3.05, 3.63) is 12.3 Å². The summed E-state index contributed by atoms with van der Waals surface area (Å²) >= 11 is 0. The lowest BCUT2D eigenvalue weighted by atomic mass is 10.0. The summed E-state index contributed by atoms with van der Waals surface area (Å²) in [6.07, 6.45) is 17.8. The van der Waals surface area contributed by atoms with Crippen LogP contribution in [-0.2, 0) is 4.74 Å². The number of methoxy groups -OCH3 is 1. The zero-order chi connectivity index (χ0) is 13.5. The minimum absolute atomic E-state index is 0.932. The van der Waals surface area contributed by atoms with Crippen molar-refractivity contribution in [2.24, 2.45) is 0 Å². The minimum Gasteiger partial charge on any atom is -0.502 e. The molecule has 0 aromatic heterocycles. The second-order valence-electron chi connectivity index (χ2n) is 5.38. The van der Waals surface area contributed by atoms with Gasteiger partial charge in [-0.2, -0.15) is 0 Å². The first-order valence-electron chi connectivity index (χ1n) is 8.03. The van der Waals surface area contributed by atoms with Crippen molar-refractivity contribution in [2.45, 2.75) is 90.4 Å². The Morgan fingerprint density at radius 3 is 1.50 bits per heavy atom. The lowest BCUT2D eigenvalue weighted by molar-refractivity contribution is 0.276. The normalized spacial score (nSPS) is 10.6. The van der Waals surface area contributed by atoms with Gasteiger partial charge in [0.15, 0.2) is 0 Å². The van der Waals surface area contributed by atoms with Gasteiger partial charge in [-0.3, -0.25) is 0 Å². The van der Waals surface area contributed by atoms with E-state index >= 15 is 0 Å². The van der Waals surface area contributed by atoms with E-state index in [4.69, 9.17) is 4.74 Å². The predicted octanol–water partition coefficient (Wildman–Crippen LogP) is 6.24. The Hall–Kier alpha value is -0.460. The van der Waals surface area contributed by atoms with E-state index < -0.39 is 0 Å². The van der Waals surface area contributed by atoms with Gasteiger partial charge in [-0.25, -0.2) is 0 Å². The number of ether oxygens (including phenoxy) is 1. The molecule has 0 aliphatic rings. The van der Waals surface area contributed by atoms with E-state index in [0.717, 1.165) is 12.2 Å². The van der Waals surface area contributed by atoms with Crippen LogP contribution in [0.25, 0.3) is 0 Å². The van der Waals surface area contributed by atoms with Gasteiger partial charge in [0.1, 0.15) is 0 Å². The number of allylic oxidation sites excluding steroid dienone is 1. The van der Waals surface area contributed by atoms with Gasteiger partial charge >= 0.3 is 0 Å². The molecule has 0 atom stereocenters.